The number of nitrogens with zero attached hydrogens (tertiary/aromatic N) is 2. The lowest BCUT2D eigenvalue weighted by atomic mass is 10.0. The Kier molecular flexibility index (Phi) is 4.60. The summed E-state index contributed by atoms with van der Waals surface area (Å²) in [7, 11) is 1.58. The fraction of sp³-hybridized carbons (Fsp3) is 0.471. The quantitative estimate of drug-likeness (QED) is 0.857. The first-order valence-corrected chi connectivity index (χ1v) is 7.98. The van der Waals surface area contributed by atoms with E-state index in [0.29, 0.717) is 23.4 Å². The zero-order chi connectivity index (χ0) is 16.2. The van der Waals surface area contributed by atoms with Crippen LogP contribution >= 0.6 is 0 Å². The lowest BCUT2D eigenvalue weighted by molar-refractivity contribution is -0.133. The van der Waals surface area contributed by atoms with E-state index in [0.717, 1.165) is 25.9 Å². The summed E-state index contributed by atoms with van der Waals surface area (Å²) in [6, 6.07) is 6.50. The standard InChI is InChI=1S/C17H21N3O3/c1-23-13-7-5-12(6-8-13)16(21)14-11-15(19-18-14)17(22)20-9-3-2-4-10-20/h5-8,15,19H,2-4,9-11H2,1H3. The molecule has 1 saturated heterocycles. The molecule has 1 fully saturated rings. The van der Waals surface area contributed by atoms with Gasteiger partial charge < -0.3 is 9.64 Å². The Hall–Kier alpha value is -2.37. The molecule has 2 heterocycles. The molecule has 2 aliphatic rings. The number of piperidine rings is 1. The van der Waals surface area contributed by atoms with Gasteiger partial charge in [-0.25, -0.2) is 0 Å². The van der Waals surface area contributed by atoms with Gasteiger partial charge in [-0.2, -0.15) is 5.10 Å². The van der Waals surface area contributed by atoms with Crippen molar-refractivity contribution in [2.24, 2.45) is 5.10 Å². The van der Waals surface area contributed by atoms with E-state index in [9.17, 15) is 9.59 Å². The third kappa shape index (κ3) is 3.36. The first-order valence-electron chi connectivity index (χ1n) is 7.98. The number of hydrogen-bond donors (Lipinski definition) is 1. The largest absolute Gasteiger partial charge is 0.497 e. The van der Waals surface area contributed by atoms with Crippen molar-refractivity contribution in [1.29, 1.82) is 0 Å². The summed E-state index contributed by atoms with van der Waals surface area (Å²) in [6.45, 7) is 1.61. The number of methoxy groups -OCH3 is 1. The van der Waals surface area contributed by atoms with Gasteiger partial charge in [0.1, 0.15) is 17.5 Å². The zero-order valence-electron chi connectivity index (χ0n) is 13.2. The Balaban J connectivity index is 1.61. The molecule has 0 saturated carbocycles. The molecule has 6 nitrogen and oxygen atoms in total. The number of rotatable bonds is 4. The average molecular weight is 315 g/mol. The normalized spacial score (nSPS) is 20.7. The van der Waals surface area contributed by atoms with Gasteiger partial charge >= 0.3 is 0 Å². The van der Waals surface area contributed by atoms with Crippen LogP contribution in [-0.2, 0) is 4.79 Å². The number of carbonyl (C=O) groups excluding carboxylic acids is 2. The van der Waals surface area contributed by atoms with Crippen molar-refractivity contribution < 1.29 is 14.3 Å². The highest BCUT2D eigenvalue weighted by Crippen LogP contribution is 2.17. The second-order valence-corrected chi connectivity index (χ2v) is 5.89. The van der Waals surface area contributed by atoms with Crippen molar-refractivity contribution in [3.05, 3.63) is 29.8 Å². The van der Waals surface area contributed by atoms with E-state index >= 15 is 0 Å². The molecule has 0 aromatic heterocycles. The fourth-order valence-electron chi connectivity index (χ4n) is 2.97. The first-order chi connectivity index (χ1) is 11.2. The Morgan fingerprint density at radius 1 is 1.17 bits per heavy atom. The lowest BCUT2D eigenvalue weighted by Gasteiger charge is -2.28. The molecular formula is C17H21N3O3. The maximum absolute atomic E-state index is 12.5. The lowest BCUT2D eigenvalue weighted by Crippen LogP contribution is -2.45. The van der Waals surface area contributed by atoms with Crippen LogP contribution in [0, 0.1) is 0 Å². The molecule has 3 rings (SSSR count). The number of ketones is 1. The summed E-state index contributed by atoms with van der Waals surface area (Å²) in [5.74, 6) is 0.603. The van der Waals surface area contributed by atoms with Gasteiger partial charge in [0, 0.05) is 25.1 Å². The smallest absolute Gasteiger partial charge is 0.247 e. The summed E-state index contributed by atoms with van der Waals surface area (Å²) >= 11 is 0. The van der Waals surface area contributed by atoms with Gasteiger partial charge in [-0.1, -0.05) is 0 Å². The SMILES string of the molecule is COc1ccc(C(=O)C2=NNC(C(=O)N3CCCCC3)C2)cc1. The Morgan fingerprint density at radius 2 is 1.87 bits per heavy atom. The molecule has 1 N–H and O–H groups in total. The minimum absolute atomic E-state index is 0.0472. The van der Waals surface area contributed by atoms with Crippen LogP contribution in [0.15, 0.2) is 29.4 Å². The van der Waals surface area contributed by atoms with Gasteiger partial charge in [0.2, 0.25) is 11.7 Å². The van der Waals surface area contributed by atoms with Gasteiger partial charge in [-0.3, -0.25) is 15.0 Å². The molecule has 0 radical (unpaired) electrons. The highest BCUT2D eigenvalue weighted by Gasteiger charge is 2.32. The number of hydrogen-bond acceptors (Lipinski definition) is 5. The van der Waals surface area contributed by atoms with E-state index in [1.165, 1.54) is 6.42 Å². The van der Waals surface area contributed by atoms with E-state index in [2.05, 4.69) is 10.5 Å². The van der Waals surface area contributed by atoms with Crippen LogP contribution in [0.5, 0.6) is 5.75 Å². The predicted octanol–water partition coefficient (Wildman–Crippen LogP) is 1.61. The number of hydrazone groups is 1. The highest BCUT2D eigenvalue weighted by atomic mass is 16.5. The third-order valence-electron chi connectivity index (χ3n) is 4.33. The molecule has 1 aromatic rings. The van der Waals surface area contributed by atoms with Crippen LogP contribution < -0.4 is 10.2 Å². The molecule has 0 bridgehead atoms. The monoisotopic (exact) mass is 315 g/mol. The van der Waals surface area contributed by atoms with Gasteiger partial charge in [0.05, 0.1) is 7.11 Å². The van der Waals surface area contributed by atoms with Crippen molar-refractivity contribution in [1.82, 2.24) is 10.3 Å². The maximum atomic E-state index is 12.5. The average Bonchev–Trinajstić information content (AvgIpc) is 3.11. The summed E-state index contributed by atoms with van der Waals surface area (Å²) in [5.41, 5.74) is 3.79. The summed E-state index contributed by atoms with van der Waals surface area (Å²) in [6.07, 6.45) is 3.63. The Bertz CT molecular complexity index is 618. The minimum atomic E-state index is -0.412. The second-order valence-electron chi connectivity index (χ2n) is 5.89. The van der Waals surface area contributed by atoms with Crippen LogP contribution in [0.4, 0.5) is 0 Å². The van der Waals surface area contributed by atoms with Crippen LogP contribution in [0.25, 0.3) is 0 Å². The van der Waals surface area contributed by atoms with E-state index in [-0.39, 0.29) is 11.7 Å². The minimum Gasteiger partial charge on any atom is -0.497 e. The molecule has 6 heteroatoms. The van der Waals surface area contributed by atoms with Gasteiger partial charge in [0.25, 0.3) is 0 Å². The maximum Gasteiger partial charge on any atom is 0.247 e. The van der Waals surface area contributed by atoms with E-state index < -0.39 is 6.04 Å². The number of Topliss-reactive ketones (excluding diaryl/α,β-unsaturated/α-hetero) is 1. The number of nitrogens with one attached hydrogen (secondary N) is 1. The Labute approximate surface area is 135 Å². The molecule has 1 amide bonds. The predicted molar refractivity (Wildman–Crippen MR) is 86.7 cm³/mol. The zero-order valence-corrected chi connectivity index (χ0v) is 13.2. The van der Waals surface area contributed by atoms with Crippen LogP contribution in [-0.4, -0.2) is 48.5 Å². The van der Waals surface area contributed by atoms with E-state index in [1.54, 1.807) is 31.4 Å². The molecule has 1 unspecified atom stereocenters. The van der Waals surface area contributed by atoms with Crippen LogP contribution in [0.3, 0.4) is 0 Å². The summed E-state index contributed by atoms with van der Waals surface area (Å²) < 4.78 is 5.09. The summed E-state index contributed by atoms with van der Waals surface area (Å²) in [4.78, 5) is 26.8. The second kappa shape index (κ2) is 6.81. The van der Waals surface area contributed by atoms with Gasteiger partial charge in [-0.15, -0.1) is 0 Å². The molecule has 23 heavy (non-hydrogen) atoms. The van der Waals surface area contributed by atoms with Gasteiger partial charge in [0.15, 0.2) is 0 Å². The number of ether oxygens (including phenoxy) is 1. The number of likely N-dealkylation sites (tertiary alicyclic amines) is 1. The van der Waals surface area contributed by atoms with Crippen molar-refractivity contribution in [2.45, 2.75) is 31.7 Å². The van der Waals surface area contributed by atoms with Crippen LogP contribution in [0.1, 0.15) is 36.0 Å². The molecule has 2 aliphatic heterocycles. The number of amides is 1. The van der Waals surface area contributed by atoms with Crippen molar-refractivity contribution in [3.63, 3.8) is 0 Å². The van der Waals surface area contributed by atoms with E-state index in [4.69, 9.17) is 4.74 Å². The van der Waals surface area contributed by atoms with Crippen LogP contribution in [0.2, 0.25) is 0 Å². The third-order valence-corrected chi connectivity index (χ3v) is 4.33. The fourth-order valence-corrected chi connectivity index (χ4v) is 2.97. The van der Waals surface area contributed by atoms with E-state index in [1.807, 2.05) is 4.90 Å². The molecule has 0 aliphatic carbocycles. The van der Waals surface area contributed by atoms with Gasteiger partial charge in [-0.05, 0) is 43.5 Å². The van der Waals surface area contributed by atoms with Crippen molar-refractivity contribution in [3.8, 4) is 5.75 Å². The Morgan fingerprint density at radius 3 is 2.52 bits per heavy atom. The first kappa shape index (κ1) is 15.5. The molecular weight excluding hydrogens is 294 g/mol. The topological polar surface area (TPSA) is 71.0 Å². The van der Waals surface area contributed by atoms with Crippen molar-refractivity contribution in [2.75, 3.05) is 20.2 Å². The highest BCUT2D eigenvalue weighted by molar-refractivity contribution is 6.46. The number of carbonyl (C=O) groups is 2. The molecule has 0 spiro atoms. The molecule has 122 valence electrons. The summed E-state index contributed by atoms with van der Waals surface area (Å²) in [5, 5.41) is 4.09. The number of benzene rings is 1. The molecule has 1 atom stereocenters. The molecule has 1 aromatic carbocycles. The van der Waals surface area contributed by atoms with Crippen molar-refractivity contribution >= 4 is 17.4 Å².